The molecule has 2 heteroatoms. The quantitative estimate of drug-likeness (QED) is 0.631. The standard InChI is InChI=1S/C10H11O2/c1-2-10-11-7-8-5-3-4-6-9(8)12-10/h3-6,10H,1-2,7H2. The van der Waals surface area contributed by atoms with Gasteiger partial charge in [-0.15, -0.1) is 0 Å². The van der Waals surface area contributed by atoms with Gasteiger partial charge >= 0.3 is 0 Å². The number of fused-ring (bicyclic) bond motifs is 1. The van der Waals surface area contributed by atoms with Crippen molar-refractivity contribution in [2.45, 2.75) is 19.3 Å². The summed E-state index contributed by atoms with van der Waals surface area (Å²) in [7, 11) is 0. The molecule has 0 saturated carbocycles. The van der Waals surface area contributed by atoms with Gasteiger partial charge in [0.25, 0.3) is 0 Å². The van der Waals surface area contributed by atoms with Gasteiger partial charge in [-0.2, -0.15) is 0 Å². The first-order valence-corrected chi connectivity index (χ1v) is 4.05. The molecule has 0 saturated heterocycles. The molecular weight excluding hydrogens is 152 g/mol. The Morgan fingerprint density at radius 3 is 3.08 bits per heavy atom. The number of rotatable bonds is 1. The van der Waals surface area contributed by atoms with E-state index in [2.05, 4.69) is 6.92 Å². The molecular formula is C10H11O2. The maximum Gasteiger partial charge on any atom is 0.200 e. The summed E-state index contributed by atoms with van der Waals surface area (Å²) in [6, 6.07) is 7.91. The van der Waals surface area contributed by atoms with Gasteiger partial charge in [-0.25, -0.2) is 0 Å². The lowest BCUT2D eigenvalue weighted by Gasteiger charge is -2.25. The Kier molecular flexibility index (Phi) is 2.00. The minimum Gasteiger partial charge on any atom is -0.465 e. The Labute approximate surface area is 72.1 Å². The van der Waals surface area contributed by atoms with Crippen molar-refractivity contribution in [3.05, 3.63) is 36.8 Å². The summed E-state index contributed by atoms with van der Waals surface area (Å²) in [5.74, 6) is 0.928. The molecule has 2 rings (SSSR count). The summed E-state index contributed by atoms with van der Waals surface area (Å²) < 4.78 is 10.9. The Bertz CT molecular complexity index is 270. The van der Waals surface area contributed by atoms with Gasteiger partial charge in [0.15, 0.2) is 6.29 Å². The van der Waals surface area contributed by atoms with E-state index in [1.807, 2.05) is 24.3 Å². The van der Waals surface area contributed by atoms with Crippen LogP contribution in [0.1, 0.15) is 12.0 Å². The number of ether oxygens (including phenoxy) is 2. The highest BCUT2D eigenvalue weighted by molar-refractivity contribution is 5.33. The molecule has 0 N–H and O–H groups in total. The van der Waals surface area contributed by atoms with Crippen LogP contribution < -0.4 is 4.74 Å². The van der Waals surface area contributed by atoms with E-state index >= 15 is 0 Å². The fraction of sp³-hybridized carbons (Fsp3) is 0.300. The Balaban J connectivity index is 2.23. The summed E-state index contributed by atoms with van der Waals surface area (Å²) in [6.07, 6.45) is 0.480. The molecule has 1 radical (unpaired) electrons. The number of hydrogen-bond acceptors (Lipinski definition) is 2. The van der Waals surface area contributed by atoms with E-state index in [0.717, 1.165) is 11.3 Å². The van der Waals surface area contributed by atoms with Crippen LogP contribution in [0.2, 0.25) is 0 Å². The maximum absolute atomic E-state index is 5.50. The van der Waals surface area contributed by atoms with E-state index in [-0.39, 0.29) is 6.29 Å². The SMILES string of the molecule is [CH2]CC1OCc2ccccc2O1. The lowest BCUT2D eigenvalue weighted by molar-refractivity contribution is -0.105. The molecule has 2 nitrogen and oxygen atoms in total. The van der Waals surface area contributed by atoms with Gasteiger partial charge in [0.2, 0.25) is 0 Å². The van der Waals surface area contributed by atoms with Gasteiger partial charge in [0.1, 0.15) is 5.75 Å². The molecule has 63 valence electrons. The van der Waals surface area contributed by atoms with Gasteiger partial charge in [0, 0.05) is 12.0 Å². The second-order valence-corrected chi connectivity index (χ2v) is 2.75. The molecule has 1 heterocycles. The third-order valence-corrected chi connectivity index (χ3v) is 1.89. The van der Waals surface area contributed by atoms with Crippen molar-refractivity contribution >= 4 is 0 Å². The second kappa shape index (κ2) is 3.15. The summed E-state index contributed by atoms with van der Waals surface area (Å²) >= 11 is 0. The average molecular weight is 163 g/mol. The van der Waals surface area contributed by atoms with Gasteiger partial charge in [-0.05, 0) is 13.0 Å². The second-order valence-electron chi connectivity index (χ2n) is 2.75. The van der Waals surface area contributed by atoms with Crippen LogP contribution >= 0.6 is 0 Å². The Hall–Kier alpha value is -1.02. The first-order valence-electron chi connectivity index (χ1n) is 4.05. The lowest BCUT2D eigenvalue weighted by Crippen LogP contribution is -2.24. The van der Waals surface area contributed by atoms with Gasteiger partial charge in [0.05, 0.1) is 6.61 Å². The first kappa shape index (κ1) is 7.62. The zero-order valence-corrected chi connectivity index (χ0v) is 6.82. The van der Waals surface area contributed by atoms with Crippen molar-refractivity contribution in [3.8, 4) is 5.75 Å². The Morgan fingerprint density at radius 1 is 1.42 bits per heavy atom. The maximum atomic E-state index is 5.50. The summed E-state index contributed by atoms with van der Waals surface area (Å²) in [6.45, 7) is 4.37. The molecule has 1 unspecified atom stereocenters. The summed E-state index contributed by atoms with van der Waals surface area (Å²) in [5.41, 5.74) is 1.11. The van der Waals surface area contributed by atoms with Crippen molar-refractivity contribution < 1.29 is 9.47 Å². The van der Waals surface area contributed by atoms with E-state index in [1.54, 1.807) is 0 Å². The van der Waals surface area contributed by atoms with Crippen LogP contribution in [0.3, 0.4) is 0 Å². The van der Waals surface area contributed by atoms with E-state index in [4.69, 9.17) is 9.47 Å². The third kappa shape index (κ3) is 1.30. The van der Waals surface area contributed by atoms with E-state index in [1.165, 1.54) is 0 Å². The van der Waals surface area contributed by atoms with Gasteiger partial charge in [-0.1, -0.05) is 18.2 Å². The summed E-state index contributed by atoms with van der Waals surface area (Å²) in [4.78, 5) is 0. The largest absolute Gasteiger partial charge is 0.465 e. The molecule has 0 fully saturated rings. The molecule has 1 aromatic carbocycles. The third-order valence-electron chi connectivity index (χ3n) is 1.89. The molecule has 0 bridgehead atoms. The van der Waals surface area contributed by atoms with E-state index in [0.29, 0.717) is 13.0 Å². The minimum atomic E-state index is -0.167. The topological polar surface area (TPSA) is 18.5 Å². The molecule has 1 aliphatic rings. The van der Waals surface area contributed by atoms with Crippen LogP contribution in [0.4, 0.5) is 0 Å². The first-order chi connectivity index (χ1) is 5.90. The number of para-hydroxylation sites is 1. The highest BCUT2D eigenvalue weighted by Gasteiger charge is 2.17. The Morgan fingerprint density at radius 2 is 2.25 bits per heavy atom. The number of hydrogen-bond donors (Lipinski definition) is 0. The van der Waals surface area contributed by atoms with Crippen molar-refractivity contribution in [3.63, 3.8) is 0 Å². The fourth-order valence-electron chi connectivity index (χ4n) is 1.24. The van der Waals surface area contributed by atoms with Crippen molar-refractivity contribution in [2.24, 2.45) is 0 Å². The van der Waals surface area contributed by atoms with Gasteiger partial charge < -0.3 is 9.47 Å². The molecule has 1 aliphatic heterocycles. The molecule has 0 aromatic heterocycles. The van der Waals surface area contributed by atoms with E-state index in [9.17, 15) is 0 Å². The zero-order chi connectivity index (χ0) is 8.39. The zero-order valence-electron chi connectivity index (χ0n) is 6.82. The predicted octanol–water partition coefficient (Wildman–Crippen LogP) is 2.15. The van der Waals surface area contributed by atoms with Crippen molar-refractivity contribution in [2.75, 3.05) is 0 Å². The van der Waals surface area contributed by atoms with Crippen molar-refractivity contribution in [1.82, 2.24) is 0 Å². The molecule has 0 spiro atoms. The fourth-order valence-corrected chi connectivity index (χ4v) is 1.24. The van der Waals surface area contributed by atoms with Crippen LogP contribution in [0.5, 0.6) is 5.75 Å². The van der Waals surface area contributed by atoms with Crippen molar-refractivity contribution in [1.29, 1.82) is 0 Å². The highest BCUT2D eigenvalue weighted by Crippen LogP contribution is 2.25. The highest BCUT2D eigenvalue weighted by atomic mass is 16.7. The van der Waals surface area contributed by atoms with Crippen LogP contribution in [0, 0.1) is 6.92 Å². The van der Waals surface area contributed by atoms with E-state index < -0.39 is 0 Å². The molecule has 12 heavy (non-hydrogen) atoms. The monoisotopic (exact) mass is 163 g/mol. The molecule has 0 amide bonds. The molecule has 1 aromatic rings. The lowest BCUT2D eigenvalue weighted by atomic mass is 10.2. The summed E-state index contributed by atoms with van der Waals surface area (Å²) in [5, 5.41) is 0. The minimum absolute atomic E-state index is 0.167. The molecule has 1 atom stereocenters. The van der Waals surface area contributed by atoms with Crippen LogP contribution in [-0.2, 0) is 11.3 Å². The van der Waals surface area contributed by atoms with Gasteiger partial charge in [-0.3, -0.25) is 0 Å². The smallest absolute Gasteiger partial charge is 0.200 e. The van der Waals surface area contributed by atoms with Crippen LogP contribution in [0.15, 0.2) is 24.3 Å². The average Bonchev–Trinajstić information content (AvgIpc) is 2.17. The predicted molar refractivity (Wildman–Crippen MR) is 45.6 cm³/mol. The van der Waals surface area contributed by atoms with Crippen LogP contribution in [0.25, 0.3) is 0 Å². The normalized spacial score (nSPS) is 21.2. The number of benzene rings is 1. The molecule has 0 aliphatic carbocycles. The van der Waals surface area contributed by atoms with Crippen LogP contribution in [-0.4, -0.2) is 6.29 Å².